The van der Waals surface area contributed by atoms with Crippen LogP contribution in [0.1, 0.15) is 35.3 Å². The summed E-state index contributed by atoms with van der Waals surface area (Å²) in [7, 11) is 0. The van der Waals surface area contributed by atoms with E-state index >= 15 is 0 Å². The first kappa shape index (κ1) is 20.5. The summed E-state index contributed by atoms with van der Waals surface area (Å²) in [5, 5.41) is 4.29. The van der Waals surface area contributed by atoms with E-state index in [-0.39, 0.29) is 24.9 Å². The molecule has 1 aromatic carbocycles. The van der Waals surface area contributed by atoms with Crippen LogP contribution < -0.4 is 16.2 Å². The third-order valence-electron chi connectivity index (χ3n) is 4.29. The van der Waals surface area contributed by atoms with Gasteiger partial charge in [0.25, 0.3) is 17.7 Å². The maximum Gasteiger partial charge on any atom is 0.261 e. The van der Waals surface area contributed by atoms with Crippen molar-refractivity contribution < 1.29 is 14.4 Å². The van der Waals surface area contributed by atoms with Crippen molar-refractivity contribution in [3.05, 3.63) is 52.5 Å². The van der Waals surface area contributed by atoms with Crippen LogP contribution in [0.2, 0.25) is 0 Å². The predicted octanol–water partition coefficient (Wildman–Crippen LogP) is 2.02. The minimum Gasteiger partial charge on any atom is -0.342 e. The second-order valence-electron chi connectivity index (χ2n) is 6.46. The summed E-state index contributed by atoms with van der Waals surface area (Å²) in [5.74, 6) is -0.363. The minimum atomic E-state index is -0.509. The van der Waals surface area contributed by atoms with Gasteiger partial charge < -0.3 is 9.88 Å². The van der Waals surface area contributed by atoms with Crippen molar-refractivity contribution in [2.24, 2.45) is 0 Å². The Hall–Kier alpha value is -3.20. The van der Waals surface area contributed by atoms with Gasteiger partial charge >= 0.3 is 0 Å². The standard InChI is InChI=1S/C20H23N5O3S/c1-2-3-10-17-22-14-7-4-5-8-15(14)25(17)13-19(27)24-23-18(26)12-21-20(28)16-9-6-11-29-16/h4-9,11H,2-3,10,12-13H2,1H3,(H,21,28)(H,23,26)(H,24,27). The summed E-state index contributed by atoms with van der Waals surface area (Å²) in [5.41, 5.74) is 6.43. The summed E-state index contributed by atoms with van der Waals surface area (Å²) < 4.78 is 1.87. The second kappa shape index (κ2) is 9.83. The molecule has 0 aliphatic heterocycles. The van der Waals surface area contributed by atoms with Gasteiger partial charge in [-0.25, -0.2) is 4.98 Å². The Labute approximate surface area is 172 Å². The first-order valence-corrected chi connectivity index (χ1v) is 10.3. The number of carbonyl (C=O) groups excluding carboxylic acids is 3. The molecule has 0 atom stereocenters. The highest BCUT2D eigenvalue weighted by Gasteiger charge is 2.14. The Morgan fingerprint density at radius 3 is 2.62 bits per heavy atom. The molecule has 0 aliphatic rings. The fraction of sp³-hybridized carbons (Fsp3) is 0.300. The maximum atomic E-state index is 12.3. The molecule has 0 saturated carbocycles. The number of hydrogen-bond acceptors (Lipinski definition) is 5. The van der Waals surface area contributed by atoms with Gasteiger partial charge in [0, 0.05) is 6.42 Å². The highest BCUT2D eigenvalue weighted by Crippen LogP contribution is 2.17. The fourth-order valence-electron chi connectivity index (χ4n) is 2.85. The number of aromatic nitrogens is 2. The van der Waals surface area contributed by atoms with E-state index in [1.54, 1.807) is 17.5 Å². The lowest BCUT2D eigenvalue weighted by atomic mass is 10.2. The van der Waals surface area contributed by atoms with E-state index in [1.165, 1.54) is 11.3 Å². The summed E-state index contributed by atoms with van der Waals surface area (Å²) >= 11 is 1.29. The molecule has 3 aromatic rings. The van der Waals surface area contributed by atoms with Gasteiger partial charge in [-0.05, 0) is 30.0 Å². The van der Waals surface area contributed by atoms with Crippen LogP contribution in [-0.2, 0) is 22.6 Å². The lowest BCUT2D eigenvalue weighted by Gasteiger charge is -2.11. The van der Waals surface area contributed by atoms with Gasteiger partial charge in [-0.15, -0.1) is 11.3 Å². The predicted molar refractivity (Wildman–Crippen MR) is 111 cm³/mol. The first-order valence-electron chi connectivity index (χ1n) is 9.42. The van der Waals surface area contributed by atoms with E-state index in [4.69, 9.17) is 0 Å². The van der Waals surface area contributed by atoms with Crippen molar-refractivity contribution in [1.82, 2.24) is 25.7 Å². The van der Waals surface area contributed by atoms with Gasteiger partial charge in [-0.1, -0.05) is 31.5 Å². The summed E-state index contributed by atoms with van der Waals surface area (Å²) in [4.78, 5) is 41.2. The normalized spacial score (nSPS) is 10.7. The largest absolute Gasteiger partial charge is 0.342 e. The number of para-hydroxylation sites is 2. The van der Waals surface area contributed by atoms with Crippen LogP contribution in [0.15, 0.2) is 41.8 Å². The number of nitrogens with one attached hydrogen (secondary N) is 3. The molecule has 152 valence electrons. The molecule has 3 rings (SSSR count). The molecule has 2 aromatic heterocycles. The minimum absolute atomic E-state index is 0.0431. The van der Waals surface area contributed by atoms with Crippen LogP contribution in [0.4, 0.5) is 0 Å². The number of imidazole rings is 1. The number of amides is 3. The molecule has 0 saturated heterocycles. The number of rotatable bonds is 8. The molecule has 0 bridgehead atoms. The zero-order valence-corrected chi connectivity index (χ0v) is 16.9. The molecule has 3 N–H and O–H groups in total. The van der Waals surface area contributed by atoms with Gasteiger partial charge in [-0.2, -0.15) is 0 Å². The number of hydrogen-bond donors (Lipinski definition) is 3. The first-order chi connectivity index (χ1) is 14.1. The number of hydrazine groups is 1. The summed E-state index contributed by atoms with van der Waals surface area (Å²) in [6, 6.07) is 11.1. The molecule has 8 nitrogen and oxygen atoms in total. The Bertz CT molecular complexity index is 997. The van der Waals surface area contributed by atoms with Crippen molar-refractivity contribution in [3.63, 3.8) is 0 Å². The van der Waals surface area contributed by atoms with E-state index in [9.17, 15) is 14.4 Å². The van der Waals surface area contributed by atoms with Crippen LogP contribution in [0.3, 0.4) is 0 Å². The van der Waals surface area contributed by atoms with Crippen LogP contribution >= 0.6 is 11.3 Å². The molecular weight excluding hydrogens is 390 g/mol. The average molecular weight is 414 g/mol. The number of carbonyl (C=O) groups is 3. The SMILES string of the molecule is CCCCc1nc2ccccc2n1CC(=O)NNC(=O)CNC(=O)c1cccs1. The number of thiophene rings is 1. The van der Waals surface area contributed by atoms with E-state index in [1.807, 2.05) is 28.8 Å². The number of aryl methyl sites for hydroxylation is 1. The second-order valence-corrected chi connectivity index (χ2v) is 7.41. The van der Waals surface area contributed by atoms with Gasteiger partial charge in [-0.3, -0.25) is 25.2 Å². The molecule has 0 spiro atoms. The third-order valence-corrected chi connectivity index (χ3v) is 5.15. The fourth-order valence-corrected chi connectivity index (χ4v) is 3.49. The van der Waals surface area contributed by atoms with E-state index in [0.717, 1.165) is 36.1 Å². The molecule has 0 unspecified atom stereocenters. The van der Waals surface area contributed by atoms with E-state index in [2.05, 4.69) is 28.1 Å². The number of benzene rings is 1. The van der Waals surface area contributed by atoms with Crippen molar-refractivity contribution >= 4 is 40.1 Å². The monoisotopic (exact) mass is 413 g/mol. The van der Waals surface area contributed by atoms with Crippen LogP contribution in [-0.4, -0.2) is 33.8 Å². The lowest BCUT2D eigenvalue weighted by Crippen LogP contribution is -2.47. The summed E-state index contributed by atoms with van der Waals surface area (Å²) in [6.45, 7) is 1.92. The van der Waals surface area contributed by atoms with Crippen molar-refractivity contribution in [1.29, 1.82) is 0 Å². The van der Waals surface area contributed by atoms with Crippen LogP contribution in [0.5, 0.6) is 0 Å². The molecule has 9 heteroatoms. The summed E-state index contributed by atoms with van der Waals surface area (Å²) in [6.07, 6.45) is 2.79. The molecule has 0 radical (unpaired) electrons. The number of fused-ring (bicyclic) bond motifs is 1. The van der Waals surface area contributed by atoms with Gasteiger partial charge in [0.05, 0.1) is 22.5 Å². The Balaban J connectivity index is 1.54. The van der Waals surface area contributed by atoms with Gasteiger partial charge in [0.15, 0.2) is 0 Å². The molecule has 3 amide bonds. The van der Waals surface area contributed by atoms with Crippen molar-refractivity contribution in [2.75, 3.05) is 6.54 Å². The average Bonchev–Trinajstić information content (AvgIpc) is 3.38. The highest BCUT2D eigenvalue weighted by atomic mass is 32.1. The zero-order chi connectivity index (χ0) is 20.6. The lowest BCUT2D eigenvalue weighted by molar-refractivity contribution is -0.128. The molecule has 29 heavy (non-hydrogen) atoms. The van der Waals surface area contributed by atoms with Gasteiger partial charge in [0.1, 0.15) is 12.4 Å². The highest BCUT2D eigenvalue weighted by molar-refractivity contribution is 7.12. The quantitative estimate of drug-likeness (QED) is 0.491. The van der Waals surface area contributed by atoms with Gasteiger partial charge in [0.2, 0.25) is 0 Å². The zero-order valence-electron chi connectivity index (χ0n) is 16.1. The Kier molecular flexibility index (Phi) is 6.96. The molecule has 0 fully saturated rings. The third kappa shape index (κ3) is 5.41. The van der Waals surface area contributed by atoms with Crippen LogP contribution in [0, 0.1) is 0 Å². The van der Waals surface area contributed by atoms with Crippen molar-refractivity contribution in [2.45, 2.75) is 32.7 Å². The Morgan fingerprint density at radius 2 is 1.86 bits per heavy atom. The number of unbranched alkanes of at least 4 members (excludes halogenated alkanes) is 1. The molecular formula is C20H23N5O3S. The Morgan fingerprint density at radius 1 is 1.07 bits per heavy atom. The molecule has 0 aliphatic carbocycles. The number of nitrogens with zero attached hydrogens (tertiary/aromatic N) is 2. The smallest absolute Gasteiger partial charge is 0.261 e. The van der Waals surface area contributed by atoms with E-state index in [0.29, 0.717) is 4.88 Å². The molecule has 2 heterocycles. The van der Waals surface area contributed by atoms with E-state index < -0.39 is 5.91 Å². The topological polar surface area (TPSA) is 105 Å². The van der Waals surface area contributed by atoms with Crippen molar-refractivity contribution in [3.8, 4) is 0 Å². The maximum absolute atomic E-state index is 12.3. The van der Waals surface area contributed by atoms with Crippen LogP contribution in [0.25, 0.3) is 11.0 Å².